The molecule has 0 unspecified atom stereocenters. The summed E-state index contributed by atoms with van der Waals surface area (Å²) in [6.45, 7) is 4.47. The van der Waals surface area contributed by atoms with E-state index in [0.29, 0.717) is 12.2 Å². The highest BCUT2D eigenvalue weighted by molar-refractivity contribution is 9.10. The van der Waals surface area contributed by atoms with Crippen molar-refractivity contribution in [2.45, 2.75) is 39.2 Å². The van der Waals surface area contributed by atoms with Crippen molar-refractivity contribution in [3.63, 3.8) is 0 Å². The van der Waals surface area contributed by atoms with Gasteiger partial charge in [0.05, 0.1) is 10.7 Å². The van der Waals surface area contributed by atoms with Crippen molar-refractivity contribution in [1.82, 2.24) is 9.78 Å². The fraction of sp³-hybridized carbons (Fsp3) is 0.667. The maximum absolute atomic E-state index is 12.6. The lowest BCUT2D eigenvalue weighted by Crippen LogP contribution is -2.45. The van der Waals surface area contributed by atoms with Gasteiger partial charge >= 0.3 is 0 Å². The first-order chi connectivity index (χ1) is 8.02. The molecule has 0 aromatic carbocycles. The minimum atomic E-state index is -0.338. The van der Waals surface area contributed by atoms with Crippen molar-refractivity contribution in [2.24, 2.45) is 11.1 Å². The molecule has 1 saturated carbocycles. The molecule has 0 aliphatic heterocycles. The van der Waals surface area contributed by atoms with Crippen LogP contribution in [-0.2, 0) is 0 Å². The molecule has 2 rings (SSSR count). The number of aromatic nitrogens is 2. The van der Waals surface area contributed by atoms with E-state index in [1.807, 2.05) is 13.8 Å². The molecule has 1 aromatic heterocycles. The molecule has 0 spiro atoms. The summed E-state index contributed by atoms with van der Waals surface area (Å²) in [7, 11) is 0. The Hall–Kier alpha value is -0.680. The summed E-state index contributed by atoms with van der Waals surface area (Å²) in [5.41, 5.74) is 6.12. The number of carbonyl (C=O) groups is 1. The van der Waals surface area contributed by atoms with Gasteiger partial charge in [-0.15, -0.1) is 0 Å². The van der Waals surface area contributed by atoms with E-state index in [2.05, 4.69) is 21.0 Å². The van der Waals surface area contributed by atoms with Crippen LogP contribution in [0.3, 0.4) is 0 Å². The molecule has 1 aliphatic rings. The molecular formula is C12H18BrN3O. The summed E-state index contributed by atoms with van der Waals surface area (Å²) in [6.07, 6.45) is 4.59. The van der Waals surface area contributed by atoms with Gasteiger partial charge < -0.3 is 5.73 Å². The van der Waals surface area contributed by atoms with Gasteiger partial charge in [0.1, 0.15) is 5.69 Å². The molecule has 0 bridgehead atoms. The Morgan fingerprint density at radius 2 is 2.29 bits per heavy atom. The van der Waals surface area contributed by atoms with E-state index >= 15 is 0 Å². The van der Waals surface area contributed by atoms with Gasteiger partial charge in [0.25, 0.3) is 0 Å². The Morgan fingerprint density at radius 3 is 2.71 bits per heavy atom. The first kappa shape index (κ1) is 12.8. The van der Waals surface area contributed by atoms with Crippen LogP contribution in [0.4, 0.5) is 0 Å². The van der Waals surface area contributed by atoms with Crippen LogP contribution in [-0.4, -0.2) is 22.1 Å². The van der Waals surface area contributed by atoms with Gasteiger partial charge in [-0.2, -0.15) is 5.10 Å². The molecule has 1 aromatic rings. The van der Waals surface area contributed by atoms with Crippen molar-refractivity contribution >= 4 is 21.7 Å². The summed E-state index contributed by atoms with van der Waals surface area (Å²) >= 11 is 3.42. The number of ketones is 1. The van der Waals surface area contributed by atoms with E-state index in [1.165, 1.54) is 0 Å². The summed E-state index contributed by atoms with van der Waals surface area (Å²) in [4.78, 5) is 12.6. The standard InChI is InChI=1S/C12H18BrN3O/c1-8(2)16-10(9(13)6-15-16)11(17)12(7-14)4-3-5-12/h6,8H,3-5,7,14H2,1-2H3. The lowest BCUT2D eigenvalue weighted by molar-refractivity contribution is 0.0620. The zero-order chi connectivity index (χ0) is 12.6. The highest BCUT2D eigenvalue weighted by Crippen LogP contribution is 2.43. The normalized spacial score (nSPS) is 18.2. The van der Waals surface area contributed by atoms with Gasteiger partial charge in [-0.3, -0.25) is 9.48 Å². The zero-order valence-electron chi connectivity index (χ0n) is 10.2. The number of nitrogens with two attached hydrogens (primary N) is 1. The number of halogens is 1. The molecule has 5 heteroatoms. The number of nitrogens with zero attached hydrogens (tertiary/aromatic N) is 2. The zero-order valence-corrected chi connectivity index (χ0v) is 11.8. The third kappa shape index (κ3) is 1.95. The summed E-state index contributed by atoms with van der Waals surface area (Å²) in [5.74, 6) is 0.143. The molecule has 2 N–H and O–H groups in total. The monoisotopic (exact) mass is 299 g/mol. The highest BCUT2D eigenvalue weighted by Gasteiger charge is 2.45. The van der Waals surface area contributed by atoms with E-state index in [1.54, 1.807) is 10.9 Å². The lowest BCUT2D eigenvalue weighted by atomic mass is 9.65. The summed E-state index contributed by atoms with van der Waals surface area (Å²) in [5, 5.41) is 4.25. The second kappa shape index (κ2) is 4.53. The fourth-order valence-corrected chi connectivity index (χ4v) is 2.78. The number of carbonyl (C=O) groups excluding carboxylic acids is 1. The SMILES string of the molecule is CC(C)n1ncc(Br)c1C(=O)C1(CN)CCC1. The Balaban J connectivity index is 2.39. The molecule has 1 fully saturated rings. The quantitative estimate of drug-likeness (QED) is 0.869. The van der Waals surface area contributed by atoms with Gasteiger partial charge in [-0.1, -0.05) is 6.42 Å². The maximum Gasteiger partial charge on any atom is 0.189 e. The first-order valence-electron chi connectivity index (χ1n) is 6.00. The van der Waals surface area contributed by atoms with Crippen molar-refractivity contribution in [2.75, 3.05) is 6.54 Å². The van der Waals surface area contributed by atoms with Crippen LogP contribution in [0.2, 0.25) is 0 Å². The largest absolute Gasteiger partial charge is 0.329 e. The number of hydrogen-bond acceptors (Lipinski definition) is 3. The van der Waals surface area contributed by atoms with E-state index < -0.39 is 0 Å². The van der Waals surface area contributed by atoms with Gasteiger partial charge in [-0.25, -0.2) is 0 Å². The Morgan fingerprint density at radius 1 is 1.65 bits per heavy atom. The second-order valence-corrected chi connectivity index (χ2v) is 5.90. The summed E-state index contributed by atoms with van der Waals surface area (Å²) in [6, 6.07) is 0.176. The topological polar surface area (TPSA) is 60.9 Å². The van der Waals surface area contributed by atoms with E-state index in [9.17, 15) is 4.79 Å². The smallest absolute Gasteiger partial charge is 0.189 e. The molecule has 4 nitrogen and oxygen atoms in total. The van der Waals surface area contributed by atoms with Gasteiger partial charge in [0.2, 0.25) is 0 Å². The van der Waals surface area contributed by atoms with Gasteiger partial charge in [0.15, 0.2) is 5.78 Å². The van der Waals surface area contributed by atoms with E-state index in [0.717, 1.165) is 23.7 Å². The van der Waals surface area contributed by atoms with Crippen LogP contribution in [0.25, 0.3) is 0 Å². The molecule has 1 heterocycles. The van der Waals surface area contributed by atoms with Crippen LogP contribution >= 0.6 is 15.9 Å². The molecule has 0 radical (unpaired) electrons. The molecule has 17 heavy (non-hydrogen) atoms. The molecular weight excluding hydrogens is 282 g/mol. The highest BCUT2D eigenvalue weighted by atomic mass is 79.9. The average Bonchev–Trinajstić information content (AvgIpc) is 2.59. The number of hydrogen-bond donors (Lipinski definition) is 1. The van der Waals surface area contributed by atoms with Crippen LogP contribution in [0.5, 0.6) is 0 Å². The average molecular weight is 300 g/mol. The Labute approximate surface area is 110 Å². The van der Waals surface area contributed by atoms with E-state index in [-0.39, 0.29) is 17.2 Å². The third-order valence-electron chi connectivity index (χ3n) is 3.64. The first-order valence-corrected chi connectivity index (χ1v) is 6.79. The number of Topliss-reactive ketones (excluding diaryl/α,β-unsaturated/α-hetero) is 1. The number of rotatable bonds is 4. The third-order valence-corrected chi connectivity index (χ3v) is 4.22. The minimum Gasteiger partial charge on any atom is -0.329 e. The van der Waals surface area contributed by atoms with Crippen LogP contribution in [0.15, 0.2) is 10.7 Å². The van der Waals surface area contributed by atoms with E-state index in [4.69, 9.17) is 5.73 Å². The molecule has 1 aliphatic carbocycles. The predicted molar refractivity (Wildman–Crippen MR) is 70.0 cm³/mol. The maximum atomic E-state index is 12.6. The molecule has 0 amide bonds. The summed E-state index contributed by atoms with van der Waals surface area (Å²) < 4.78 is 2.55. The van der Waals surface area contributed by atoms with Crippen molar-refractivity contribution in [3.8, 4) is 0 Å². The predicted octanol–water partition coefficient (Wildman–Crippen LogP) is 2.54. The van der Waals surface area contributed by atoms with Crippen molar-refractivity contribution in [1.29, 1.82) is 0 Å². The van der Waals surface area contributed by atoms with Crippen LogP contribution < -0.4 is 5.73 Å². The Bertz CT molecular complexity index is 429. The minimum absolute atomic E-state index is 0.143. The fourth-order valence-electron chi connectivity index (χ4n) is 2.32. The van der Waals surface area contributed by atoms with Gasteiger partial charge in [0, 0.05) is 18.0 Å². The Kier molecular flexibility index (Phi) is 3.41. The molecule has 0 saturated heterocycles. The van der Waals surface area contributed by atoms with Gasteiger partial charge in [-0.05, 0) is 42.6 Å². The van der Waals surface area contributed by atoms with Crippen LogP contribution in [0.1, 0.15) is 49.6 Å². The molecule has 94 valence electrons. The van der Waals surface area contributed by atoms with Crippen molar-refractivity contribution in [3.05, 3.63) is 16.4 Å². The molecule has 0 atom stereocenters. The lowest BCUT2D eigenvalue weighted by Gasteiger charge is -2.39. The van der Waals surface area contributed by atoms with Crippen LogP contribution in [0, 0.1) is 5.41 Å². The van der Waals surface area contributed by atoms with Crippen molar-refractivity contribution < 1.29 is 4.79 Å². The second-order valence-electron chi connectivity index (χ2n) is 5.05.